The molecule has 0 radical (unpaired) electrons. The molecule has 0 saturated carbocycles. The normalized spacial score (nSPS) is 18.4. The van der Waals surface area contributed by atoms with E-state index in [0.717, 1.165) is 35.6 Å². The summed E-state index contributed by atoms with van der Waals surface area (Å²) in [5.74, 6) is 0.150. The van der Waals surface area contributed by atoms with Crippen molar-refractivity contribution in [2.75, 3.05) is 6.54 Å². The number of aromatic nitrogens is 4. The number of aryl methyl sites for hydroxylation is 1. The molecule has 0 aromatic carbocycles. The largest absolute Gasteiger partial charge is 0.335 e. The zero-order valence-corrected chi connectivity index (χ0v) is 13.2. The number of imidazole rings is 1. The number of hydrogen-bond acceptors (Lipinski definition) is 4. The first-order valence-electron chi connectivity index (χ1n) is 7.40. The van der Waals surface area contributed by atoms with E-state index in [1.54, 1.807) is 16.0 Å². The van der Waals surface area contributed by atoms with Crippen LogP contribution in [-0.2, 0) is 18.3 Å². The van der Waals surface area contributed by atoms with Crippen molar-refractivity contribution in [2.45, 2.75) is 25.3 Å². The van der Waals surface area contributed by atoms with Gasteiger partial charge in [0, 0.05) is 43.1 Å². The fraction of sp³-hybridized carbons (Fsp3) is 0.400. The van der Waals surface area contributed by atoms with Crippen molar-refractivity contribution in [3.63, 3.8) is 0 Å². The van der Waals surface area contributed by atoms with Gasteiger partial charge in [0.05, 0.1) is 24.4 Å². The monoisotopic (exact) mass is 315 g/mol. The summed E-state index contributed by atoms with van der Waals surface area (Å²) in [5, 5.41) is 6.22. The molecule has 6 nitrogen and oxygen atoms in total. The molecule has 3 aromatic rings. The van der Waals surface area contributed by atoms with Crippen LogP contribution in [0, 0.1) is 0 Å². The first-order valence-corrected chi connectivity index (χ1v) is 8.28. The molecule has 1 amide bonds. The van der Waals surface area contributed by atoms with Gasteiger partial charge in [0.1, 0.15) is 0 Å². The second kappa shape index (κ2) is 5.24. The summed E-state index contributed by atoms with van der Waals surface area (Å²) < 4.78 is 3.76. The Morgan fingerprint density at radius 1 is 1.45 bits per heavy atom. The number of nitrogens with zero attached hydrogens (tertiary/aromatic N) is 5. The number of thiazole rings is 1. The van der Waals surface area contributed by atoms with E-state index in [2.05, 4.69) is 10.1 Å². The van der Waals surface area contributed by atoms with E-state index in [1.807, 2.05) is 46.5 Å². The van der Waals surface area contributed by atoms with E-state index in [9.17, 15) is 4.79 Å². The summed E-state index contributed by atoms with van der Waals surface area (Å²) in [5.41, 5.74) is 1.97. The maximum Gasteiger partial charge on any atom is 0.229 e. The molecule has 1 saturated heterocycles. The molecule has 4 rings (SSSR count). The van der Waals surface area contributed by atoms with Crippen LogP contribution >= 0.6 is 11.3 Å². The number of carbonyl (C=O) groups excluding carboxylic acids is 1. The lowest BCUT2D eigenvalue weighted by atomic mass is 10.1. The smallest absolute Gasteiger partial charge is 0.229 e. The fourth-order valence-electron chi connectivity index (χ4n) is 3.14. The van der Waals surface area contributed by atoms with Crippen molar-refractivity contribution in [1.82, 2.24) is 24.1 Å². The number of fused-ring (bicyclic) bond motifs is 1. The Labute approximate surface area is 132 Å². The van der Waals surface area contributed by atoms with Crippen LogP contribution in [0.4, 0.5) is 0 Å². The molecule has 7 heteroatoms. The highest BCUT2D eigenvalue weighted by Gasteiger charge is 2.30. The van der Waals surface area contributed by atoms with Crippen LogP contribution in [0.25, 0.3) is 4.96 Å². The van der Waals surface area contributed by atoms with Gasteiger partial charge in [-0.3, -0.25) is 13.9 Å². The third-order valence-electron chi connectivity index (χ3n) is 4.16. The lowest BCUT2D eigenvalue weighted by Gasteiger charge is -2.23. The number of likely N-dealkylation sites (tertiary alicyclic amines) is 1. The van der Waals surface area contributed by atoms with Gasteiger partial charge in [-0.1, -0.05) is 0 Å². The highest BCUT2D eigenvalue weighted by Crippen LogP contribution is 2.32. The maximum absolute atomic E-state index is 12.7. The standard InChI is InChI=1S/C15H17N5OS/c1-18-9-11(8-16-18)13-3-2-4-20(13)14(21)7-12-10-19-5-6-22-15(19)17-12/h5-6,8-10,13H,2-4,7H2,1H3/t13-/m0/s1. The van der Waals surface area contributed by atoms with E-state index in [0.29, 0.717) is 6.42 Å². The van der Waals surface area contributed by atoms with Crippen LogP contribution < -0.4 is 0 Å². The molecule has 0 unspecified atom stereocenters. The lowest BCUT2D eigenvalue weighted by molar-refractivity contribution is -0.131. The van der Waals surface area contributed by atoms with Crippen LogP contribution in [0.15, 0.2) is 30.2 Å². The number of carbonyl (C=O) groups is 1. The molecule has 0 spiro atoms. The number of amides is 1. The van der Waals surface area contributed by atoms with Gasteiger partial charge >= 0.3 is 0 Å². The van der Waals surface area contributed by atoms with Crippen molar-refractivity contribution < 1.29 is 4.79 Å². The topological polar surface area (TPSA) is 55.4 Å². The Morgan fingerprint density at radius 2 is 2.36 bits per heavy atom. The van der Waals surface area contributed by atoms with Crippen molar-refractivity contribution >= 4 is 22.2 Å². The van der Waals surface area contributed by atoms with Gasteiger partial charge in [-0.15, -0.1) is 11.3 Å². The maximum atomic E-state index is 12.7. The SMILES string of the molecule is Cn1cc([C@@H]2CCCN2C(=O)Cc2cn3ccsc3n2)cn1. The predicted octanol–water partition coefficient (Wildman–Crippen LogP) is 2.04. The summed E-state index contributed by atoms with van der Waals surface area (Å²) >= 11 is 1.58. The van der Waals surface area contributed by atoms with Gasteiger partial charge in [0.2, 0.25) is 5.91 Å². The first kappa shape index (κ1) is 13.5. The molecule has 0 N–H and O–H groups in total. The Morgan fingerprint density at radius 3 is 3.14 bits per heavy atom. The van der Waals surface area contributed by atoms with E-state index in [-0.39, 0.29) is 11.9 Å². The zero-order valence-electron chi connectivity index (χ0n) is 12.3. The average Bonchev–Trinajstić information content (AvgIpc) is 3.19. The summed E-state index contributed by atoms with van der Waals surface area (Å²) in [6.07, 6.45) is 10.2. The van der Waals surface area contributed by atoms with Crippen LogP contribution in [0.5, 0.6) is 0 Å². The van der Waals surface area contributed by atoms with E-state index in [1.165, 1.54) is 0 Å². The fourth-order valence-corrected chi connectivity index (χ4v) is 3.86. The Bertz CT molecular complexity index is 788. The van der Waals surface area contributed by atoms with Crippen molar-refractivity contribution in [3.8, 4) is 0 Å². The summed E-state index contributed by atoms with van der Waals surface area (Å²) in [4.78, 5) is 20.1. The summed E-state index contributed by atoms with van der Waals surface area (Å²) in [7, 11) is 1.91. The summed E-state index contributed by atoms with van der Waals surface area (Å²) in [6.45, 7) is 0.820. The van der Waals surface area contributed by atoms with Crippen LogP contribution in [0.1, 0.15) is 30.1 Å². The van der Waals surface area contributed by atoms with Crippen LogP contribution in [0.3, 0.4) is 0 Å². The average molecular weight is 315 g/mol. The first-order chi connectivity index (χ1) is 10.7. The van der Waals surface area contributed by atoms with Gasteiger partial charge in [-0.2, -0.15) is 5.10 Å². The number of rotatable bonds is 3. The van der Waals surface area contributed by atoms with Gasteiger partial charge in [-0.05, 0) is 12.8 Å². The molecule has 0 bridgehead atoms. The van der Waals surface area contributed by atoms with Gasteiger partial charge < -0.3 is 4.90 Å². The van der Waals surface area contributed by atoms with Gasteiger partial charge in [-0.25, -0.2) is 4.98 Å². The van der Waals surface area contributed by atoms with Crippen molar-refractivity contribution in [2.24, 2.45) is 7.05 Å². The lowest BCUT2D eigenvalue weighted by Crippen LogP contribution is -2.31. The molecule has 114 valence electrons. The quantitative estimate of drug-likeness (QED) is 0.743. The molecule has 1 atom stereocenters. The minimum Gasteiger partial charge on any atom is -0.335 e. The van der Waals surface area contributed by atoms with Crippen molar-refractivity contribution in [3.05, 3.63) is 41.4 Å². The minimum atomic E-state index is 0.150. The van der Waals surface area contributed by atoms with Gasteiger partial charge in [0.25, 0.3) is 0 Å². The highest BCUT2D eigenvalue weighted by molar-refractivity contribution is 7.15. The Hall–Kier alpha value is -2.15. The second-order valence-electron chi connectivity index (χ2n) is 5.69. The zero-order chi connectivity index (χ0) is 15.1. The second-order valence-corrected chi connectivity index (χ2v) is 6.57. The van der Waals surface area contributed by atoms with Crippen LogP contribution in [0.2, 0.25) is 0 Å². The number of hydrogen-bond donors (Lipinski definition) is 0. The molecule has 1 fully saturated rings. The Balaban J connectivity index is 1.52. The van der Waals surface area contributed by atoms with E-state index < -0.39 is 0 Å². The predicted molar refractivity (Wildman–Crippen MR) is 83.7 cm³/mol. The molecular weight excluding hydrogens is 298 g/mol. The minimum absolute atomic E-state index is 0.150. The molecule has 22 heavy (non-hydrogen) atoms. The molecule has 0 aliphatic carbocycles. The third kappa shape index (κ3) is 2.31. The highest BCUT2D eigenvalue weighted by atomic mass is 32.1. The molecule has 3 aromatic heterocycles. The van der Waals surface area contributed by atoms with Crippen molar-refractivity contribution in [1.29, 1.82) is 0 Å². The Kier molecular flexibility index (Phi) is 3.22. The van der Waals surface area contributed by atoms with Crippen LogP contribution in [-0.4, -0.2) is 36.5 Å². The molecule has 1 aliphatic heterocycles. The molecule has 1 aliphatic rings. The van der Waals surface area contributed by atoms with Gasteiger partial charge in [0.15, 0.2) is 4.96 Å². The molecule has 4 heterocycles. The van der Waals surface area contributed by atoms with E-state index in [4.69, 9.17) is 0 Å². The third-order valence-corrected chi connectivity index (χ3v) is 4.93. The van der Waals surface area contributed by atoms with E-state index >= 15 is 0 Å². The molecular formula is C15H17N5OS. The summed E-state index contributed by atoms with van der Waals surface area (Å²) in [6, 6.07) is 0.157.